The van der Waals surface area contributed by atoms with Crippen LogP contribution in [0.25, 0.3) is 0 Å². The molecule has 78 valence electrons. The fraction of sp³-hybridized carbons (Fsp3) is 0.143. The van der Waals surface area contributed by atoms with Crippen LogP contribution >= 0.6 is 23.6 Å². The fourth-order valence-corrected chi connectivity index (χ4v) is 1.87. The molecule has 0 bridgehead atoms. The topological polar surface area (TPSA) is 63.6 Å². The first-order chi connectivity index (χ1) is 6.47. The van der Waals surface area contributed by atoms with E-state index in [9.17, 15) is 8.42 Å². The van der Waals surface area contributed by atoms with Gasteiger partial charge < -0.3 is 0 Å². The van der Waals surface area contributed by atoms with Crippen LogP contribution in [0.1, 0.15) is 5.56 Å². The molecule has 0 radical (unpaired) electrons. The second-order valence-electron chi connectivity index (χ2n) is 2.38. The highest BCUT2D eigenvalue weighted by atomic mass is 35.5. The first-order valence-corrected chi connectivity index (χ1v) is 6.16. The van der Waals surface area contributed by atoms with Crippen molar-refractivity contribution in [3.63, 3.8) is 0 Å². The summed E-state index contributed by atoms with van der Waals surface area (Å²) in [5, 5.41) is 0.606. The smallest absolute Gasteiger partial charge is 0.263 e. The zero-order valence-corrected chi connectivity index (χ0v) is 9.27. The van der Waals surface area contributed by atoms with E-state index in [2.05, 4.69) is 3.63 Å². The number of benzene rings is 1. The van der Waals surface area contributed by atoms with Crippen LogP contribution in [0.5, 0.6) is 0 Å². The molecule has 7 heteroatoms. The number of halogens is 1. The second-order valence-corrected chi connectivity index (χ2v) is 4.75. The van der Waals surface area contributed by atoms with E-state index >= 15 is 0 Å². The van der Waals surface area contributed by atoms with Crippen molar-refractivity contribution in [2.75, 3.05) is 0 Å². The summed E-state index contributed by atoms with van der Waals surface area (Å²) in [6, 6.07) is 6.85. The molecule has 4 nitrogen and oxygen atoms in total. The van der Waals surface area contributed by atoms with Crippen LogP contribution in [0.4, 0.5) is 0 Å². The van der Waals surface area contributed by atoms with Crippen LogP contribution in [0.3, 0.4) is 0 Å². The average Bonchev–Trinajstić information content (AvgIpc) is 2.06. The molecule has 1 aromatic rings. The van der Waals surface area contributed by atoms with Gasteiger partial charge in [-0.2, -0.15) is 12.0 Å². The molecule has 0 spiro atoms. The normalized spacial score (nSPS) is 11.6. The lowest BCUT2D eigenvalue weighted by Gasteiger charge is -1.99. The van der Waals surface area contributed by atoms with Crippen LogP contribution in [0, 0.1) is 0 Å². The molecule has 0 amide bonds. The van der Waals surface area contributed by atoms with Crippen molar-refractivity contribution >= 4 is 34.0 Å². The minimum Gasteiger partial charge on any atom is -0.263 e. The Hall–Kier alpha value is -0.270. The molecule has 0 aliphatic rings. The minimum atomic E-state index is -4.37. The summed E-state index contributed by atoms with van der Waals surface area (Å²) in [7, 11) is -4.37. The van der Waals surface area contributed by atoms with Gasteiger partial charge in [-0.1, -0.05) is 23.7 Å². The van der Waals surface area contributed by atoms with Gasteiger partial charge in [0.15, 0.2) is 0 Å². The van der Waals surface area contributed by atoms with E-state index < -0.39 is 10.4 Å². The first kappa shape index (κ1) is 11.8. The fourth-order valence-electron chi connectivity index (χ4n) is 0.734. The van der Waals surface area contributed by atoms with E-state index in [1.165, 1.54) is 0 Å². The van der Waals surface area contributed by atoms with Gasteiger partial charge in [0.2, 0.25) is 0 Å². The van der Waals surface area contributed by atoms with Gasteiger partial charge in [0.05, 0.1) is 0 Å². The maximum atomic E-state index is 10.2. The third kappa shape index (κ3) is 4.83. The number of hydrogen-bond acceptors (Lipinski definition) is 4. The van der Waals surface area contributed by atoms with E-state index in [4.69, 9.17) is 16.2 Å². The summed E-state index contributed by atoms with van der Waals surface area (Å²) >= 11 is 6.28. The molecule has 0 aliphatic carbocycles. The third-order valence-electron chi connectivity index (χ3n) is 1.27. The van der Waals surface area contributed by atoms with E-state index in [-0.39, 0.29) is 0 Å². The third-order valence-corrected chi connectivity index (χ3v) is 3.05. The summed E-state index contributed by atoms with van der Waals surface area (Å²) in [4.78, 5) is 0. The highest BCUT2D eigenvalue weighted by Crippen LogP contribution is 2.17. The van der Waals surface area contributed by atoms with Gasteiger partial charge in [-0.05, 0) is 17.7 Å². The Balaban J connectivity index is 2.43. The summed E-state index contributed by atoms with van der Waals surface area (Å²) in [6.45, 7) is 0. The molecule has 0 unspecified atom stereocenters. The van der Waals surface area contributed by atoms with E-state index in [1.54, 1.807) is 24.3 Å². The van der Waals surface area contributed by atoms with Crippen molar-refractivity contribution in [3.8, 4) is 0 Å². The maximum absolute atomic E-state index is 10.2. The van der Waals surface area contributed by atoms with Crippen molar-refractivity contribution < 1.29 is 16.6 Å². The maximum Gasteiger partial charge on any atom is 0.408 e. The van der Waals surface area contributed by atoms with Crippen molar-refractivity contribution in [2.24, 2.45) is 0 Å². The van der Waals surface area contributed by atoms with E-state index in [0.29, 0.717) is 22.8 Å². The summed E-state index contributed by atoms with van der Waals surface area (Å²) in [5.74, 6) is 0.316. The molecule has 1 N–H and O–H groups in total. The second kappa shape index (κ2) is 4.99. The number of hydrogen-bond donors (Lipinski definition) is 1. The Morgan fingerprint density at radius 1 is 1.36 bits per heavy atom. The molecule has 0 atom stereocenters. The molecule has 0 saturated carbocycles. The molecule has 14 heavy (non-hydrogen) atoms. The van der Waals surface area contributed by atoms with Gasteiger partial charge in [-0.15, -0.1) is 0 Å². The average molecular weight is 255 g/mol. The Morgan fingerprint density at radius 2 is 1.93 bits per heavy atom. The predicted molar refractivity (Wildman–Crippen MR) is 55.4 cm³/mol. The molecule has 0 saturated heterocycles. The van der Waals surface area contributed by atoms with Gasteiger partial charge in [0, 0.05) is 22.8 Å². The largest absolute Gasteiger partial charge is 0.408 e. The van der Waals surface area contributed by atoms with Crippen molar-refractivity contribution in [1.82, 2.24) is 0 Å². The minimum absolute atomic E-state index is 0.316. The van der Waals surface area contributed by atoms with Crippen molar-refractivity contribution in [1.29, 1.82) is 0 Å². The van der Waals surface area contributed by atoms with Crippen LogP contribution in [0.15, 0.2) is 24.3 Å². The van der Waals surface area contributed by atoms with Crippen molar-refractivity contribution in [3.05, 3.63) is 34.9 Å². The predicted octanol–water partition coefficient (Wildman–Crippen LogP) is 2.31. The van der Waals surface area contributed by atoms with Gasteiger partial charge >= 0.3 is 10.4 Å². The Kier molecular flexibility index (Phi) is 4.21. The van der Waals surface area contributed by atoms with Crippen molar-refractivity contribution in [2.45, 2.75) is 5.75 Å². The monoisotopic (exact) mass is 254 g/mol. The first-order valence-electron chi connectivity index (χ1n) is 3.50. The molecule has 0 fully saturated rings. The lowest BCUT2D eigenvalue weighted by atomic mass is 10.2. The Morgan fingerprint density at radius 3 is 2.43 bits per heavy atom. The molecule has 0 heterocycles. The van der Waals surface area contributed by atoms with Gasteiger partial charge in [-0.3, -0.25) is 4.55 Å². The summed E-state index contributed by atoms with van der Waals surface area (Å²) in [5.41, 5.74) is 0.850. The quantitative estimate of drug-likeness (QED) is 0.660. The Labute approximate surface area is 91.4 Å². The van der Waals surface area contributed by atoms with Crippen LogP contribution in [-0.2, 0) is 19.8 Å². The van der Waals surface area contributed by atoms with Crippen LogP contribution in [0.2, 0.25) is 5.02 Å². The lowest BCUT2D eigenvalue weighted by Crippen LogP contribution is -1.97. The number of rotatable bonds is 4. The molecule has 0 aromatic heterocycles. The SMILES string of the molecule is O=S(=O)(O)OSCc1ccc(Cl)cc1. The van der Waals surface area contributed by atoms with Gasteiger partial charge in [-0.25, -0.2) is 0 Å². The highest BCUT2D eigenvalue weighted by Gasteiger charge is 2.04. The molecule has 0 aliphatic heterocycles. The highest BCUT2D eigenvalue weighted by molar-refractivity contribution is 8.02. The van der Waals surface area contributed by atoms with Crippen LogP contribution < -0.4 is 0 Å². The van der Waals surface area contributed by atoms with Crippen LogP contribution in [-0.4, -0.2) is 13.0 Å². The molecule has 1 rings (SSSR count). The molecular weight excluding hydrogens is 248 g/mol. The lowest BCUT2D eigenvalue weighted by molar-refractivity contribution is 0.407. The van der Waals surface area contributed by atoms with E-state index in [0.717, 1.165) is 5.56 Å². The summed E-state index contributed by atoms with van der Waals surface area (Å²) < 4.78 is 32.7. The zero-order valence-electron chi connectivity index (χ0n) is 6.88. The standard InChI is InChI=1S/C7H7ClO4S2/c8-7-3-1-6(2-4-7)5-13-12-14(9,10)11/h1-4H,5H2,(H,9,10,11). The van der Waals surface area contributed by atoms with Gasteiger partial charge in [0.1, 0.15) is 0 Å². The van der Waals surface area contributed by atoms with Gasteiger partial charge in [0.25, 0.3) is 0 Å². The van der Waals surface area contributed by atoms with E-state index in [1.807, 2.05) is 0 Å². The summed E-state index contributed by atoms with van der Waals surface area (Å²) in [6.07, 6.45) is 0. The zero-order chi connectivity index (χ0) is 10.6. The Bertz CT molecular complexity index is 387. The molecule has 1 aromatic carbocycles. The molecular formula is C7H7ClO4S2.